The first kappa shape index (κ1) is 13.9. The Kier molecular flexibility index (Phi) is 3.76. The molecule has 0 bridgehead atoms. The molecule has 0 radical (unpaired) electrons. The fourth-order valence-corrected chi connectivity index (χ4v) is 4.74. The Morgan fingerprint density at radius 1 is 1.30 bits per heavy atom. The van der Waals surface area contributed by atoms with Gasteiger partial charge in [0.05, 0.1) is 7.11 Å². The summed E-state index contributed by atoms with van der Waals surface area (Å²) >= 11 is 0. The first-order valence-corrected chi connectivity index (χ1v) is 8.16. The molecule has 2 aliphatic rings. The maximum atomic E-state index is 5.48. The van der Waals surface area contributed by atoms with Gasteiger partial charge in [-0.25, -0.2) is 0 Å². The van der Waals surface area contributed by atoms with Crippen LogP contribution >= 0.6 is 0 Å². The first-order chi connectivity index (χ1) is 9.75. The molecule has 1 aliphatic carbocycles. The third kappa shape index (κ3) is 1.96. The summed E-state index contributed by atoms with van der Waals surface area (Å²) < 4.78 is 5.48. The van der Waals surface area contributed by atoms with Crippen LogP contribution in [0.4, 0.5) is 0 Å². The van der Waals surface area contributed by atoms with Crippen LogP contribution in [0.25, 0.3) is 0 Å². The van der Waals surface area contributed by atoms with Crippen molar-refractivity contribution >= 4 is 0 Å². The predicted molar refractivity (Wildman–Crippen MR) is 83.5 cm³/mol. The highest BCUT2D eigenvalue weighted by Crippen LogP contribution is 2.50. The van der Waals surface area contributed by atoms with E-state index < -0.39 is 0 Å². The SMILES string of the molecule is CCC1(CC)c2cc(OC)ccc2C[C@H]2NCCC[C@H]21. The Labute approximate surface area is 122 Å². The van der Waals surface area contributed by atoms with Crippen molar-refractivity contribution in [3.05, 3.63) is 29.3 Å². The molecular formula is C18H27NO. The van der Waals surface area contributed by atoms with Crippen molar-refractivity contribution in [1.82, 2.24) is 5.32 Å². The number of piperidine rings is 1. The smallest absolute Gasteiger partial charge is 0.119 e. The van der Waals surface area contributed by atoms with Gasteiger partial charge in [0.15, 0.2) is 0 Å². The van der Waals surface area contributed by atoms with Crippen LogP contribution in [0, 0.1) is 5.92 Å². The molecule has 2 nitrogen and oxygen atoms in total. The minimum Gasteiger partial charge on any atom is -0.497 e. The van der Waals surface area contributed by atoms with Crippen LogP contribution in [0.1, 0.15) is 50.7 Å². The second-order valence-electron chi connectivity index (χ2n) is 6.40. The lowest BCUT2D eigenvalue weighted by Crippen LogP contribution is -2.55. The van der Waals surface area contributed by atoms with E-state index in [1.165, 1.54) is 44.2 Å². The van der Waals surface area contributed by atoms with Gasteiger partial charge in [-0.1, -0.05) is 19.9 Å². The van der Waals surface area contributed by atoms with Gasteiger partial charge in [0.2, 0.25) is 0 Å². The number of hydrogen-bond acceptors (Lipinski definition) is 2. The van der Waals surface area contributed by atoms with Crippen LogP contribution in [0.15, 0.2) is 18.2 Å². The normalized spacial score (nSPS) is 27.6. The third-order valence-electron chi connectivity index (χ3n) is 5.85. The van der Waals surface area contributed by atoms with Crippen LogP contribution in [-0.4, -0.2) is 19.7 Å². The summed E-state index contributed by atoms with van der Waals surface area (Å²) in [6.07, 6.45) is 6.34. The molecule has 2 atom stereocenters. The van der Waals surface area contributed by atoms with E-state index in [4.69, 9.17) is 4.74 Å². The Morgan fingerprint density at radius 2 is 2.10 bits per heavy atom. The van der Waals surface area contributed by atoms with Crippen molar-refractivity contribution in [1.29, 1.82) is 0 Å². The molecule has 1 aromatic carbocycles. The average Bonchev–Trinajstić information content (AvgIpc) is 2.52. The summed E-state index contributed by atoms with van der Waals surface area (Å²) in [5.41, 5.74) is 3.43. The number of nitrogens with one attached hydrogen (secondary N) is 1. The standard InChI is InChI=1S/C18H27NO/c1-4-18(5-2)15-7-6-10-19-17(15)11-13-8-9-14(20-3)12-16(13)18/h8-9,12,15,17,19H,4-7,10-11H2,1-3H3/t15-,17-/m1/s1. The lowest BCUT2D eigenvalue weighted by Gasteiger charge is -2.51. The Morgan fingerprint density at radius 3 is 2.80 bits per heavy atom. The van der Waals surface area contributed by atoms with Gasteiger partial charge < -0.3 is 10.1 Å². The van der Waals surface area contributed by atoms with Crippen molar-refractivity contribution in [2.45, 2.75) is 57.4 Å². The molecule has 1 aromatic rings. The van der Waals surface area contributed by atoms with E-state index >= 15 is 0 Å². The average molecular weight is 273 g/mol. The molecule has 1 aliphatic heterocycles. The Bertz CT molecular complexity index is 478. The molecule has 0 saturated carbocycles. The third-order valence-corrected chi connectivity index (χ3v) is 5.85. The maximum absolute atomic E-state index is 5.48. The molecule has 3 rings (SSSR count). The van der Waals surface area contributed by atoms with Crippen LogP contribution in [0.5, 0.6) is 5.75 Å². The summed E-state index contributed by atoms with van der Waals surface area (Å²) in [4.78, 5) is 0. The van der Waals surface area contributed by atoms with Crippen LogP contribution < -0.4 is 10.1 Å². The zero-order valence-corrected chi connectivity index (χ0v) is 13.0. The van der Waals surface area contributed by atoms with Gasteiger partial charge in [0, 0.05) is 6.04 Å². The van der Waals surface area contributed by atoms with Gasteiger partial charge in [0.25, 0.3) is 0 Å². The van der Waals surface area contributed by atoms with E-state index in [-0.39, 0.29) is 0 Å². The highest BCUT2D eigenvalue weighted by molar-refractivity contribution is 5.44. The molecule has 110 valence electrons. The van der Waals surface area contributed by atoms with Crippen LogP contribution in [0.3, 0.4) is 0 Å². The molecule has 0 amide bonds. The van der Waals surface area contributed by atoms with Crippen molar-refractivity contribution in [2.24, 2.45) is 5.92 Å². The first-order valence-electron chi connectivity index (χ1n) is 8.16. The van der Waals surface area contributed by atoms with Gasteiger partial charge in [-0.2, -0.15) is 0 Å². The summed E-state index contributed by atoms with van der Waals surface area (Å²) in [5.74, 6) is 1.79. The van der Waals surface area contributed by atoms with Gasteiger partial charge >= 0.3 is 0 Å². The summed E-state index contributed by atoms with van der Waals surface area (Å²) in [5, 5.41) is 3.78. The lowest BCUT2D eigenvalue weighted by atomic mass is 9.57. The minimum absolute atomic E-state index is 0.334. The van der Waals surface area contributed by atoms with E-state index in [0.29, 0.717) is 11.5 Å². The number of fused-ring (bicyclic) bond motifs is 2. The number of ether oxygens (including phenoxy) is 1. The molecular weight excluding hydrogens is 246 g/mol. The minimum atomic E-state index is 0.334. The van der Waals surface area contributed by atoms with Gasteiger partial charge in [0.1, 0.15) is 5.75 Å². The zero-order chi connectivity index (χ0) is 14.2. The molecule has 1 heterocycles. The Hall–Kier alpha value is -1.02. The number of rotatable bonds is 3. The monoisotopic (exact) mass is 273 g/mol. The van der Waals surface area contributed by atoms with Crippen LogP contribution in [0.2, 0.25) is 0 Å². The van der Waals surface area contributed by atoms with Crippen molar-refractivity contribution in [3.63, 3.8) is 0 Å². The number of hydrogen-bond donors (Lipinski definition) is 1. The van der Waals surface area contributed by atoms with E-state index in [9.17, 15) is 0 Å². The molecule has 0 unspecified atom stereocenters. The molecule has 1 fully saturated rings. The van der Waals surface area contributed by atoms with Crippen molar-refractivity contribution in [2.75, 3.05) is 13.7 Å². The van der Waals surface area contributed by atoms with E-state index in [1.54, 1.807) is 12.7 Å². The highest BCUT2D eigenvalue weighted by atomic mass is 16.5. The lowest BCUT2D eigenvalue weighted by molar-refractivity contribution is 0.131. The summed E-state index contributed by atoms with van der Waals surface area (Å²) in [6.45, 7) is 5.92. The molecule has 0 aromatic heterocycles. The Balaban J connectivity index is 2.12. The second kappa shape index (κ2) is 5.40. The van der Waals surface area contributed by atoms with Gasteiger partial charge in [-0.15, -0.1) is 0 Å². The summed E-state index contributed by atoms with van der Waals surface area (Å²) in [6, 6.07) is 7.40. The van der Waals surface area contributed by atoms with Gasteiger partial charge in [-0.05, 0) is 73.2 Å². The quantitative estimate of drug-likeness (QED) is 0.907. The van der Waals surface area contributed by atoms with Crippen molar-refractivity contribution in [3.8, 4) is 5.75 Å². The summed E-state index contributed by atoms with van der Waals surface area (Å²) in [7, 11) is 1.77. The topological polar surface area (TPSA) is 21.3 Å². The van der Waals surface area contributed by atoms with Crippen molar-refractivity contribution < 1.29 is 4.74 Å². The largest absolute Gasteiger partial charge is 0.497 e. The fourth-order valence-electron chi connectivity index (χ4n) is 4.74. The zero-order valence-electron chi connectivity index (χ0n) is 13.0. The predicted octanol–water partition coefficient (Wildman–Crippen LogP) is 3.68. The fraction of sp³-hybridized carbons (Fsp3) is 0.667. The molecule has 2 heteroatoms. The van der Waals surface area contributed by atoms with Gasteiger partial charge in [-0.3, -0.25) is 0 Å². The molecule has 1 N–H and O–H groups in total. The number of methoxy groups -OCH3 is 1. The van der Waals surface area contributed by atoms with E-state index in [1.807, 2.05) is 0 Å². The number of benzene rings is 1. The van der Waals surface area contributed by atoms with E-state index in [2.05, 4.69) is 37.4 Å². The van der Waals surface area contributed by atoms with Crippen LogP contribution in [-0.2, 0) is 11.8 Å². The van der Waals surface area contributed by atoms with E-state index in [0.717, 1.165) is 11.7 Å². The molecule has 1 saturated heterocycles. The molecule has 0 spiro atoms. The highest BCUT2D eigenvalue weighted by Gasteiger charge is 2.47. The second-order valence-corrected chi connectivity index (χ2v) is 6.40. The maximum Gasteiger partial charge on any atom is 0.119 e. The molecule has 20 heavy (non-hydrogen) atoms.